The zero-order valence-electron chi connectivity index (χ0n) is 38.8. The number of ether oxygens (including phenoxy) is 3. The number of benzene rings is 2. The summed E-state index contributed by atoms with van der Waals surface area (Å²) in [6, 6.07) is 15.1. The summed E-state index contributed by atoms with van der Waals surface area (Å²) < 4.78 is 16.8. The van der Waals surface area contributed by atoms with Gasteiger partial charge in [-0.05, 0) is 145 Å². The number of tetrazole rings is 1. The molecule has 0 spiro atoms. The second kappa shape index (κ2) is 20.4. The Morgan fingerprint density at radius 3 is 2.12 bits per heavy atom. The number of nitrogens with one attached hydrogen (secondary N) is 5. The van der Waals surface area contributed by atoms with Crippen molar-refractivity contribution in [1.82, 2.24) is 46.5 Å². The molecule has 2 unspecified atom stereocenters. The normalized spacial score (nSPS) is 21.2. The number of hydrogen-bond acceptors (Lipinski definition) is 12. The van der Waals surface area contributed by atoms with Crippen LogP contribution in [0.5, 0.6) is 0 Å². The van der Waals surface area contributed by atoms with E-state index in [1.807, 2.05) is 72.7 Å². The van der Waals surface area contributed by atoms with Crippen molar-refractivity contribution >= 4 is 35.6 Å². The molecule has 352 valence electrons. The van der Waals surface area contributed by atoms with E-state index in [1.54, 1.807) is 41.4 Å². The third-order valence-corrected chi connectivity index (χ3v) is 12.0. The standard InChI is InChI=1S/C48H62N10O8/c1-28-20-39(43(60)52-35-22-36-26-64-27-37(23-35)58(36)46(63)66-48(5,6)7)49-25-38(28)31-12-8-29(9-13-31)21-40(44(61)51-34-18-16-32(17-19-34)41-54-56-57-55-41)53-42(59)33-14-10-30(11-15-33)24-50-45(62)65-47(2,3)4/h8-9,12-13,16-20,25,30,33,35-37,40H,10-11,14-15,21-24,26-27H2,1-7H3,(H,50,62)(H,51,61)(H,52,60)(H,53,59)(H,54,55,56,57)/t30?,33?,35?,36?,37?,40-/m0/s1. The van der Waals surface area contributed by atoms with Crippen LogP contribution in [-0.2, 0) is 30.2 Å². The van der Waals surface area contributed by atoms with Gasteiger partial charge in [-0.25, -0.2) is 9.59 Å². The van der Waals surface area contributed by atoms with Gasteiger partial charge in [-0.1, -0.05) is 24.3 Å². The van der Waals surface area contributed by atoms with Crippen LogP contribution in [0.1, 0.15) is 102 Å². The number of H-pyrrole nitrogens is 1. The van der Waals surface area contributed by atoms with Crippen LogP contribution in [0, 0.1) is 18.8 Å². The van der Waals surface area contributed by atoms with Crippen LogP contribution < -0.4 is 21.3 Å². The first-order chi connectivity index (χ1) is 31.4. The lowest BCUT2D eigenvalue weighted by atomic mass is 9.81. The number of aromatic nitrogens is 5. The Kier molecular flexibility index (Phi) is 14.7. The monoisotopic (exact) mass is 906 g/mol. The smallest absolute Gasteiger partial charge is 0.410 e. The number of anilines is 1. The second-order valence-corrected chi connectivity index (χ2v) is 19.6. The van der Waals surface area contributed by atoms with Crippen molar-refractivity contribution in [3.05, 3.63) is 77.6 Å². The summed E-state index contributed by atoms with van der Waals surface area (Å²) in [5.41, 5.74) is 3.77. The van der Waals surface area contributed by atoms with Crippen molar-refractivity contribution in [2.45, 2.75) is 129 Å². The van der Waals surface area contributed by atoms with Crippen molar-refractivity contribution in [3.63, 3.8) is 0 Å². The Bertz CT molecular complexity index is 2320. The number of aromatic amines is 1. The van der Waals surface area contributed by atoms with Gasteiger partial charge in [0.15, 0.2) is 0 Å². The van der Waals surface area contributed by atoms with E-state index in [9.17, 15) is 24.0 Å². The van der Waals surface area contributed by atoms with Crippen LogP contribution in [0.3, 0.4) is 0 Å². The summed E-state index contributed by atoms with van der Waals surface area (Å²) in [5, 5.41) is 26.1. The number of nitrogens with zero attached hydrogens (tertiary/aromatic N) is 5. The van der Waals surface area contributed by atoms with Crippen molar-refractivity contribution < 1.29 is 38.2 Å². The summed E-state index contributed by atoms with van der Waals surface area (Å²) in [4.78, 5) is 72.8. The molecule has 1 aliphatic carbocycles. The van der Waals surface area contributed by atoms with Gasteiger partial charge in [-0.2, -0.15) is 5.21 Å². The fourth-order valence-electron chi connectivity index (χ4n) is 8.83. The molecule has 0 radical (unpaired) electrons. The first-order valence-electron chi connectivity index (χ1n) is 22.8. The first kappa shape index (κ1) is 47.5. The minimum absolute atomic E-state index is 0.154. The lowest BCUT2D eigenvalue weighted by molar-refractivity contribution is -0.130. The van der Waals surface area contributed by atoms with E-state index >= 15 is 0 Å². The first-order valence-corrected chi connectivity index (χ1v) is 22.8. The molecule has 2 saturated heterocycles. The summed E-state index contributed by atoms with van der Waals surface area (Å²) in [7, 11) is 0. The molecule has 5 N–H and O–H groups in total. The minimum atomic E-state index is -0.885. The van der Waals surface area contributed by atoms with Gasteiger partial charge in [-0.15, -0.1) is 10.2 Å². The zero-order valence-corrected chi connectivity index (χ0v) is 38.8. The highest BCUT2D eigenvalue weighted by atomic mass is 16.6. The Balaban J connectivity index is 0.978. The predicted molar refractivity (Wildman–Crippen MR) is 245 cm³/mol. The molecule has 1 saturated carbocycles. The summed E-state index contributed by atoms with van der Waals surface area (Å²) in [6.45, 7) is 14.2. The van der Waals surface area contributed by atoms with Gasteiger partial charge in [0, 0.05) is 47.9 Å². The molecule has 18 heteroatoms. The topological polar surface area (TPSA) is 232 Å². The van der Waals surface area contributed by atoms with Crippen LogP contribution >= 0.6 is 0 Å². The van der Waals surface area contributed by atoms with Crippen molar-refractivity contribution in [2.75, 3.05) is 25.1 Å². The second-order valence-electron chi connectivity index (χ2n) is 19.6. The molecule has 5 amide bonds. The van der Waals surface area contributed by atoms with Crippen molar-refractivity contribution in [3.8, 4) is 22.5 Å². The number of hydrogen-bond donors (Lipinski definition) is 5. The highest BCUT2D eigenvalue weighted by molar-refractivity contribution is 5.98. The van der Waals surface area contributed by atoms with Gasteiger partial charge in [0.2, 0.25) is 17.6 Å². The fourth-order valence-corrected chi connectivity index (χ4v) is 8.83. The van der Waals surface area contributed by atoms with E-state index in [1.165, 1.54) is 0 Å². The predicted octanol–water partition coefficient (Wildman–Crippen LogP) is 6.13. The number of aryl methyl sites for hydroxylation is 1. The van der Waals surface area contributed by atoms with Gasteiger partial charge in [0.25, 0.3) is 5.91 Å². The van der Waals surface area contributed by atoms with Crippen LogP contribution in [0.15, 0.2) is 60.8 Å². The molecular weight excluding hydrogens is 845 g/mol. The SMILES string of the molecule is Cc1cc(C(=O)NC2CC3COCC(C2)N3C(=O)OC(C)(C)C)ncc1-c1ccc(C[C@H](NC(=O)C2CCC(CNC(=O)OC(C)(C)C)CC2)C(=O)Nc2ccc(-c3nn[nH]n3)cc2)cc1. The molecule has 2 bridgehead atoms. The molecule has 3 atom stereocenters. The maximum atomic E-state index is 13.9. The summed E-state index contributed by atoms with van der Waals surface area (Å²) >= 11 is 0. The molecule has 7 rings (SSSR count). The van der Waals surface area contributed by atoms with E-state index < -0.39 is 23.3 Å². The van der Waals surface area contributed by atoms with E-state index in [0.717, 1.165) is 40.7 Å². The average Bonchev–Trinajstić information content (AvgIpc) is 3.80. The number of pyridine rings is 1. The number of alkyl carbamates (subject to hydrolysis) is 1. The third kappa shape index (κ3) is 12.7. The number of piperidine rings is 1. The Morgan fingerprint density at radius 1 is 0.864 bits per heavy atom. The number of rotatable bonds is 12. The highest BCUT2D eigenvalue weighted by Crippen LogP contribution is 2.32. The van der Waals surface area contributed by atoms with E-state index in [0.29, 0.717) is 62.6 Å². The van der Waals surface area contributed by atoms with Gasteiger partial charge >= 0.3 is 12.2 Å². The maximum Gasteiger partial charge on any atom is 0.410 e. The van der Waals surface area contributed by atoms with Gasteiger partial charge in [-0.3, -0.25) is 24.3 Å². The number of carbonyl (C=O) groups is 5. The van der Waals surface area contributed by atoms with Crippen LogP contribution in [0.25, 0.3) is 22.5 Å². The molecule has 4 heterocycles. The average molecular weight is 907 g/mol. The van der Waals surface area contributed by atoms with E-state index in [-0.39, 0.29) is 60.2 Å². The number of carbonyl (C=O) groups excluding carboxylic acids is 5. The van der Waals surface area contributed by atoms with Gasteiger partial charge in [0.1, 0.15) is 22.9 Å². The lowest BCUT2D eigenvalue weighted by Gasteiger charge is -2.48. The molecular formula is C48H62N10O8. The molecule has 3 aliphatic rings. The van der Waals surface area contributed by atoms with Crippen LogP contribution in [-0.4, -0.2) is 116 Å². The van der Waals surface area contributed by atoms with Crippen molar-refractivity contribution in [1.29, 1.82) is 0 Å². The molecule has 4 aromatic rings. The maximum absolute atomic E-state index is 13.9. The van der Waals surface area contributed by atoms with Crippen LogP contribution in [0.2, 0.25) is 0 Å². The summed E-state index contributed by atoms with van der Waals surface area (Å²) in [6.07, 6.45) is 4.97. The Hall–Kier alpha value is -6.43. The van der Waals surface area contributed by atoms with E-state index in [2.05, 4.69) is 46.9 Å². The molecule has 2 aromatic heterocycles. The molecule has 2 aromatic carbocycles. The third-order valence-electron chi connectivity index (χ3n) is 12.0. The molecule has 18 nitrogen and oxygen atoms in total. The lowest BCUT2D eigenvalue weighted by Crippen LogP contribution is -2.63. The quantitative estimate of drug-likeness (QED) is 0.108. The minimum Gasteiger partial charge on any atom is -0.444 e. The number of morpholine rings is 1. The summed E-state index contributed by atoms with van der Waals surface area (Å²) in [5.74, 6) is -0.471. The Labute approximate surface area is 385 Å². The molecule has 66 heavy (non-hydrogen) atoms. The Morgan fingerprint density at radius 2 is 1.52 bits per heavy atom. The van der Waals surface area contributed by atoms with Gasteiger partial charge < -0.3 is 35.5 Å². The molecule has 3 fully saturated rings. The van der Waals surface area contributed by atoms with E-state index in [4.69, 9.17) is 14.2 Å². The number of amides is 5. The zero-order chi connectivity index (χ0) is 47.2. The fraction of sp³-hybridized carbons (Fsp3) is 0.521. The molecule has 2 aliphatic heterocycles. The van der Waals surface area contributed by atoms with Crippen molar-refractivity contribution in [2.24, 2.45) is 11.8 Å². The van der Waals surface area contributed by atoms with Gasteiger partial charge in [0.05, 0.1) is 25.3 Å². The largest absolute Gasteiger partial charge is 0.444 e. The van der Waals surface area contributed by atoms with Crippen LogP contribution in [0.4, 0.5) is 15.3 Å². The highest BCUT2D eigenvalue weighted by Gasteiger charge is 2.44. The number of fused-ring (bicyclic) bond motifs is 2.